The molecule has 0 rings (SSSR count). The first-order valence-electron chi connectivity index (χ1n) is 8.05. The van der Waals surface area contributed by atoms with Crippen LogP contribution in [0.3, 0.4) is 0 Å². The van der Waals surface area contributed by atoms with E-state index in [9.17, 15) is 31.0 Å². The maximum Gasteiger partial charge on any atom is 1.00 e. The molecule has 2 atom stereocenters. The maximum atomic E-state index is 10.9. The summed E-state index contributed by atoms with van der Waals surface area (Å²) < 4.78 is 75.0. The van der Waals surface area contributed by atoms with E-state index in [1.165, 1.54) is 0 Å². The van der Waals surface area contributed by atoms with Crippen LogP contribution in [0.2, 0.25) is 0 Å². The second-order valence-corrected chi connectivity index (χ2v) is 9.51. The first-order valence-corrected chi connectivity index (χ1v) is 11.2. The van der Waals surface area contributed by atoms with Gasteiger partial charge in [0.05, 0.1) is 44.5 Å². The molecule has 0 aliphatic carbocycles. The van der Waals surface area contributed by atoms with Gasteiger partial charge in [0.2, 0.25) is 0 Å². The largest absolute Gasteiger partial charge is 1.00 e. The Labute approximate surface area is 207 Å². The van der Waals surface area contributed by atoms with E-state index in [1.807, 2.05) is 0 Å². The van der Waals surface area contributed by atoms with Gasteiger partial charge in [-0.1, -0.05) is 33.1 Å². The minimum absolute atomic E-state index is 0. The van der Waals surface area contributed by atoms with Crippen LogP contribution in [0.25, 0.3) is 0 Å². The molecule has 2 unspecified atom stereocenters. The quantitative estimate of drug-likeness (QED) is 0.118. The van der Waals surface area contributed by atoms with Crippen LogP contribution in [0.4, 0.5) is 0 Å². The van der Waals surface area contributed by atoms with Crippen molar-refractivity contribution in [2.45, 2.75) is 58.3 Å². The third kappa shape index (κ3) is 23.8. The fraction of sp³-hybridized carbons (Fsp3) is 1.00. The van der Waals surface area contributed by atoms with Crippen molar-refractivity contribution in [3.8, 4) is 0 Å². The predicted molar refractivity (Wildman–Crippen MR) is 88.8 cm³/mol. The van der Waals surface area contributed by atoms with Crippen LogP contribution >= 0.6 is 0 Å². The summed E-state index contributed by atoms with van der Waals surface area (Å²) in [6.07, 6.45) is 2.40. The molecule has 0 saturated carbocycles. The second-order valence-electron chi connectivity index (χ2n) is 6.66. The molecule has 0 aromatic carbocycles. The van der Waals surface area contributed by atoms with Gasteiger partial charge in [0.15, 0.2) is 5.79 Å². The van der Waals surface area contributed by atoms with Crippen LogP contribution in [0.1, 0.15) is 46.5 Å². The van der Waals surface area contributed by atoms with E-state index in [-0.39, 0.29) is 65.7 Å². The van der Waals surface area contributed by atoms with Crippen LogP contribution < -0.4 is 59.1 Å². The summed E-state index contributed by atoms with van der Waals surface area (Å²) >= 11 is 0. The van der Waals surface area contributed by atoms with Crippen LogP contribution in [-0.4, -0.2) is 67.7 Å². The van der Waals surface area contributed by atoms with Crippen LogP contribution in [0, 0.1) is 5.92 Å². The van der Waals surface area contributed by atoms with E-state index in [0.29, 0.717) is 12.5 Å². The van der Waals surface area contributed by atoms with Crippen molar-refractivity contribution in [2.24, 2.45) is 5.92 Å². The molecule has 1 N–H and O–H groups in total. The number of aliphatic hydroxyl groups is 1. The van der Waals surface area contributed by atoms with Gasteiger partial charge < -0.3 is 23.7 Å². The van der Waals surface area contributed by atoms with Gasteiger partial charge in [-0.25, -0.2) is 16.8 Å². The minimum Gasteiger partial charge on any atom is -0.748 e. The number of hydrogen-bond acceptors (Lipinski definition) is 9. The van der Waals surface area contributed by atoms with Gasteiger partial charge in [0.25, 0.3) is 0 Å². The average molecular weight is 450 g/mol. The Kier molecular flexibility index (Phi) is 19.1. The van der Waals surface area contributed by atoms with Crippen molar-refractivity contribution in [3.05, 3.63) is 0 Å². The summed E-state index contributed by atoms with van der Waals surface area (Å²) in [6, 6.07) is 0. The standard InChI is InChI=1S/C14H30O9S2.2Na/c1-12(2)7-5-4-6-8-22-9-13(10-24(16,17)18)23-14(3,15)11-25(19,20)21;;/h12-13,15H,4-11H2,1-3H3,(H,16,17,18)(H,19,20,21);;/q;2*+1/p-2. The molecule has 0 radical (unpaired) electrons. The molecule has 27 heavy (non-hydrogen) atoms. The molecule has 13 heteroatoms. The van der Waals surface area contributed by atoms with Crippen LogP contribution in [-0.2, 0) is 29.7 Å². The van der Waals surface area contributed by atoms with Crippen molar-refractivity contribution in [2.75, 3.05) is 24.7 Å². The molecule has 152 valence electrons. The maximum absolute atomic E-state index is 10.9. The Hall–Kier alpha value is 1.70. The van der Waals surface area contributed by atoms with E-state index in [0.717, 1.165) is 32.6 Å². The molecular weight excluding hydrogens is 422 g/mol. The van der Waals surface area contributed by atoms with Crippen molar-refractivity contribution in [1.29, 1.82) is 0 Å². The Morgan fingerprint density at radius 2 is 1.56 bits per heavy atom. The van der Waals surface area contributed by atoms with E-state index >= 15 is 0 Å². The Bertz CT molecular complexity index is 577. The van der Waals surface area contributed by atoms with E-state index < -0.39 is 43.6 Å². The van der Waals surface area contributed by atoms with Gasteiger partial charge in [0, 0.05) is 6.61 Å². The van der Waals surface area contributed by atoms with Gasteiger partial charge in [-0.2, -0.15) is 0 Å². The SMILES string of the molecule is CC(C)CCCCCOCC(CS(=O)(=O)[O-])OC(C)(O)CS(=O)(=O)[O-].[Na+].[Na+]. The number of ether oxygens (including phenoxy) is 2. The van der Waals surface area contributed by atoms with E-state index in [2.05, 4.69) is 13.8 Å². The average Bonchev–Trinajstić information content (AvgIpc) is 2.31. The predicted octanol–water partition coefficient (Wildman–Crippen LogP) is -5.59. The molecule has 0 saturated heterocycles. The molecule has 0 aromatic rings. The van der Waals surface area contributed by atoms with Crippen molar-refractivity contribution >= 4 is 20.2 Å². The molecule has 0 amide bonds. The molecular formula is C14H28Na2O9S2. The van der Waals surface area contributed by atoms with Crippen LogP contribution in [0.15, 0.2) is 0 Å². The van der Waals surface area contributed by atoms with Gasteiger partial charge >= 0.3 is 59.1 Å². The minimum atomic E-state index is -4.81. The Morgan fingerprint density at radius 1 is 1.00 bits per heavy atom. The Balaban J connectivity index is -0.00000288. The fourth-order valence-electron chi connectivity index (χ4n) is 2.21. The molecule has 0 fully saturated rings. The van der Waals surface area contributed by atoms with Gasteiger partial charge in [-0.3, -0.25) is 0 Å². The van der Waals surface area contributed by atoms with Gasteiger partial charge in [-0.15, -0.1) is 0 Å². The molecule has 0 heterocycles. The number of unbranched alkanes of at least 4 members (excludes halogenated alkanes) is 2. The Morgan fingerprint density at radius 3 is 2.00 bits per heavy atom. The molecule has 0 aliphatic rings. The molecule has 0 spiro atoms. The summed E-state index contributed by atoms with van der Waals surface area (Å²) in [4.78, 5) is 0. The molecule has 9 nitrogen and oxygen atoms in total. The van der Waals surface area contributed by atoms with Crippen molar-refractivity contribution in [1.82, 2.24) is 0 Å². The second kappa shape index (κ2) is 15.5. The fourth-order valence-corrected chi connectivity index (χ4v) is 3.56. The van der Waals surface area contributed by atoms with E-state index in [1.54, 1.807) is 0 Å². The summed E-state index contributed by atoms with van der Waals surface area (Å²) in [5.74, 6) is -4.09. The zero-order valence-electron chi connectivity index (χ0n) is 16.8. The topological polar surface area (TPSA) is 153 Å². The van der Waals surface area contributed by atoms with Gasteiger partial charge in [-0.05, 0) is 19.3 Å². The zero-order valence-corrected chi connectivity index (χ0v) is 22.5. The van der Waals surface area contributed by atoms with Gasteiger partial charge in [0.1, 0.15) is 0 Å². The summed E-state index contributed by atoms with van der Waals surface area (Å²) in [6.45, 7) is 5.13. The normalized spacial score (nSPS) is 15.5. The van der Waals surface area contributed by atoms with Crippen molar-refractivity contribution < 1.29 is 99.6 Å². The summed E-state index contributed by atoms with van der Waals surface area (Å²) in [7, 11) is -9.50. The first kappa shape index (κ1) is 33.3. The van der Waals surface area contributed by atoms with E-state index in [4.69, 9.17) is 9.47 Å². The van der Waals surface area contributed by atoms with Crippen molar-refractivity contribution in [3.63, 3.8) is 0 Å². The summed E-state index contributed by atoms with van der Waals surface area (Å²) in [5.41, 5.74) is 0. The first-order chi connectivity index (χ1) is 11.2. The third-order valence-electron chi connectivity index (χ3n) is 3.13. The molecule has 0 bridgehead atoms. The smallest absolute Gasteiger partial charge is 0.748 e. The number of rotatable bonds is 14. The summed E-state index contributed by atoms with van der Waals surface area (Å²) in [5, 5.41) is 9.79. The third-order valence-corrected chi connectivity index (χ3v) is 4.80. The number of hydrogen-bond donors (Lipinski definition) is 1. The molecule has 0 aliphatic heterocycles. The zero-order chi connectivity index (χ0) is 19.7. The molecule has 0 aromatic heterocycles. The monoisotopic (exact) mass is 450 g/mol. The van der Waals surface area contributed by atoms with Crippen LogP contribution in [0.5, 0.6) is 0 Å².